The van der Waals surface area contributed by atoms with Crippen LogP contribution in [0.1, 0.15) is 46.5 Å². The van der Waals surface area contributed by atoms with Crippen LogP contribution in [0.15, 0.2) is 0 Å². The first-order valence-corrected chi connectivity index (χ1v) is 6.60. The number of carbonyl (C=O) groups is 1. The van der Waals surface area contributed by atoms with Crippen molar-refractivity contribution in [2.45, 2.75) is 64.7 Å². The number of aliphatic hydroxyl groups is 1. The third-order valence-corrected chi connectivity index (χ3v) is 3.06. The van der Waals surface area contributed by atoms with E-state index >= 15 is 0 Å². The SMILES string of the molecule is CC(O)CC1CCCCN1CC(=O)OC(C)C. The van der Waals surface area contributed by atoms with Gasteiger partial charge in [0.1, 0.15) is 0 Å². The average Bonchev–Trinajstić information content (AvgIpc) is 2.18. The molecule has 2 atom stereocenters. The van der Waals surface area contributed by atoms with Gasteiger partial charge in [0.05, 0.1) is 18.8 Å². The maximum Gasteiger partial charge on any atom is 0.320 e. The summed E-state index contributed by atoms with van der Waals surface area (Å²) in [7, 11) is 0. The van der Waals surface area contributed by atoms with Crippen LogP contribution in [-0.2, 0) is 9.53 Å². The van der Waals surface area contributed by atoms with E-state index < -0.39 is 0 Å². The van der Waals surface area contributed by atoms with Gasteiger partial charge >= 0.3 is 5.97 Å². The summed E-state index contributed by atoms with van der Waals surface area (Å²) < 4.78 is 5.16. The minimum Gasteiger partial charge on any atom is -0.462 e. The second-order valence-electron chi connectivity index (χ2n) is 5.24. The van der Waals surface area contributed by atoms with E-state index in [1.54, 1.807) is 6.92 Å². The van der Waals surface area contributed by atoms with Gasteiger partial charge in [0.25, 0.3) is 0 Å². The number of aliphatic hydroxyl groups excluding tert-OH is 1. The van der Waals surface area contributed by atoms with E-state index in [2.05, 4.69) is 4.90 Å². The van der Waals surface area contributed by atoms with Crippen molar-refractivity contribution in [1.29, 1.82) is 0 Å². The van der Waals surface area contributed by atoms with Crippen LogP contribution in [0.4, 0.5) is 0 Å². The van der Waals surface area contributed by atoms with Gasteiger partial charge in [-0.3, -0.25) is 9.69 Å². The highest BCUT2D eigenvalue weighted by molar-refractivity contribution is 5.71. The fourth-order valence-corrected chi connectivity index (χ4v) is 2.39. The first kappa shape index (κ1) is 14.5. The molecule has 0 aromatic rings. The minimum absolute atomic E-state index is 0.0532. The number of likely N-dealkylation sites (tertiary alicyclic amines) is 1. The van der Waals surface area contributed by atoms with Gasteiger partial charge in [0.15, 0.2) is 0 Å². The first-order chi connectivity index (χ1) is 7.99. The number of hydrogen-bond acceptors (Lipinski definition) is 4. The molecule has 4 heteroatoms. The fourth-order valence-electron chi connectivity index (χ4n) is 2.39. The lowest BCUT2D eigenvalue weighted by Crippen LogP contribution is -2.44. The molecule has 4 nitrogen and oxygen atoms in total. The van der Waals surface area contributed by atoms with Crippen molar-refractivity contribution in [1.82, 2.24) is 4.90 Å². The van der Waals surface area contributed by atoms with Crippen molar-refractivity contribution in [2.75, 3.05) is 13.1 Å². The number of carbonyl (C=O) groups excluding carboxylic acids is 1. The number of hydrogen-bond donors (Lipinski definition) is 1. The summed E-state index contributed by atoms with van der Waals surface area (Å²) in [6.45, 7) is 6.82. The minimum atomic E-state index is -0.304. The van der Waals surface area contributed by atoms with Gasteiger partial charge in [-0.1, -0.05) is 6.42 Å². The molecular weight excluding hydrogens is 218 g/mol. The standard InChI is InChI=1S/C13H25NO3/c1-10(2)17-13(16)9-14-7-5-4-6-12(14)8-11(3)15/h10-12,15H,4-9H2,1-3H3. The van der Waals surface area contributed by atoms with Crippen molar-refractivity contribution in [3.8, 4) is 0 Å². The zero-order chi connectivity index (χ0) is 12.8. The predicted octanol–water partition coefficient (Wildman–Crippen LogP) is 1.56. The Balaban J connectivity index is 2.44. The highest BCUT2D eigenvalue weighted by Crippen LogP contribution is 2.20. The lowest BCUT2D eigenvalue weighted by molar-refractivity contribution is -0.149. The quantitative estimate of drug-likeness (QED) is 0.745. The molecule has 0 saturated carbocycles. The summed E-state index contributed by atoms with van der Waals surface area (Å²) in [5, 5.41) is 9.46. The second-order valence-corrected chi connectivity index (χ2v) is 5.24. The molecule has 100 valence electrons. The molecule has 0 aromatic heterocycles. The summed E-state index contributed by atoms with van der Waals surface area (Å²) in [6.07, 6.45) is 3.77. The molecule has 0 bridgehead atoms. The molecule has 0 spiro atoms. The Morgan fingerprint density at radius 1 is 1.41 bits per heavy atom. The smallest absolute Gasteiger partial charge is 0.320 e. The third kappa shape index (κ3) is 5.50. The highest BCUT2D eigenvalue weighted by atomic mass is 16.5. The van der Waals surface area contributed by atoms with Crippen LogP contribution in [-0.4, -0.2) is 47.3 Å². The Kier molecular flexibility index (Phi) is 5.92. The van der Waals surface area contributed by atoms with Crippen LogP contribution in [0.5, 0.6) is 0 Å². The normalized spacial score (nSPS) is 23.7. The van der Waals surface area contributed by atoms with Gasteiger partial charge in [0.2, 0.25) is 0 Å². The summed E-state index contributed by atoms with van der Waals surface area (Å²) in [5.74, 6) is -0.155. The molecule has 0 radical (unpaired) electrons. The zero-order valence-electron chi connectivity index (χ0n) is 11.2. The fraction of sp³-hybridized carbons (Fsp3) is 0.923. The summed E-state index contributed by atoms with van der Waals surface area (Å²) in [4.78, 5) is 13.8. The van der Waals surface area contributed by atoms with Gasteiger partial charge in [0, 0.05) is 6.04 Å². The van der Waals surface area contributed by atoms with E-state index in [0.29, 0.717) is 12.6 Å². The molecule has 1 rings (SSSR count). The average molecular weight is 243 g/mol. The van der Waals surface area contributed by atoms with Crippen molar-refractivity contribution >= 4 is 5.97 Å². The molecule has 1 saturated heterocycles. The highest BCUT2D eigenvalue weighted by Gasteiger charge is 2.25. The molecular formula is C13H25NO3. The molecule has 0 amide bonds. The van der Waals surface area contributed by atoms with Gasteiger partial charge in [-0.25, -0.2) is 0 Å². The Bertz CT molecular complexity index is 241. The molecule has 1 aliphatic rings. The van der Waals surface area contributed by atoms with Crippen molar-refractivity contribution in [3.05, 3.63) is 0 Å². The van der Waals surface area contributed by atoms with Gasteiger partial charge in [-0.2, -0.15) is 0 Å². The van der Waals surface area contributed by atoms with Crippen LogP contribution >= 0.6 is 0 Å². The molecule has 17 heavy (non-hydrogen) atoms. The number of nitrogens with zero attached hydrogens (tertiary/aromatic N) is 1. The van der Waals surface area contributed by atoms with E-state index in [1.165, 1.54) is 6.42 Å². The Morgan fingerprint density at radius 3 is 2.71 bits per heavy atom. The zero-order valence-corrected chi connectivity index (χ0v) is 11.2. The van der Waals surface area contributed by atoms with Crippen LogP contribution in [0.25, 0.3) is 0 Å². The van der Waals surface area contributed by atoms with Crippen molar-refractivity contribution in [2.24, 2.45) is 0 Å². The van der Waals surface area contributed by atoms with E-state index in [-0.39, 0.29) is 18.2 Å². The van der Waals surface area contributed by atoms with E-state index in [9.17, 15) is 9.90 Å². The number of ether oxygens (including phenoxy) is 1. The van der Waals surface area contributed by atoms with Crippen molar-refractivity contribution < 1.29 is 14.6 Å². The van der Waals surface area contributed by atoms with Crippen molar-refractivity contribution in [3.63, 3.8) is 0 Å². The largest absolute Gasteiger partial charge is 0.462 e. The maximum atomic E-state index is 11.6. The lowest BCUT2D eigenvalue weighted by Gasteiger charge is -2.35. The molecule has 0 aliphatic carbocycles. The third-order valence-electron chi connectivity index (χ3n) is 3.06. The van der Waals surface area contributed by atoms with E-state index in [0.717, 1.165) is 25.8 Å². The van der Waals surface area contributed by atoms with E-state index in [4.69, 9.17) is 4.74 Å². The molecule has 1 heterocycles. The topological polar surface area (TPSA) is 49.8 Å². The van der Waals surface area contributed by atoms with Crippen LogP contribution < -0.4 is 0 Å². The Labute approximate surface area is 104 Å². The summed E-state index contributed by atoms with van der Waals surface area (Å²) >= 11 is 0. The van der Waals surface area contributed by atoms with Crippen LogP contribution in [0, 0.1) is 0 Å². The molecule has 2 unspecified atom stereocenters. The van der Waals surface area contributed by atoms with Gasteiger partial charge < -0.3 is 9.84 Å². The Morgan fingerprint density at radius 2 is 2.12 bits per heavy atom. The molecule has 1 N–H and O–H groups in total. The summed E-state index contributed by atoms with van der Waals surface area (Å²) in [5.41, 5.74) is 0. The number of esters is 1. The first-order valence-electron chi connectivity index (χ1n) is 6.60. The summed E-state index contributed by atoms with van der Waals surface area (Å²) in [6, 6.07) is 0.323. The van der Waals surface area contributed by atoms with Crippen LogP contribution in [0.2, 0.25) is 0 Å². The molecule has 1 fully saturated rings. The monoisotopic (exact) mass is 243 g/mol. The van der Waals surface area contributed by atoms with Gasteiger partial charge in [-0.05, 0) is 46.6 Å². The molecule has 1 aliphatic heterocycles. The predicted molar refractivity (Wildman–Crippen MR) is 66.7 cm³/mol. The second kappa shape index (κ2) is 6.97. The van der Waals surface area contributed by atoms with E-state index in [1.807, 2.05) is 13.8 Å². The molecule has 0 aromatic carbocycles. The Hall–Kier alpha value is -0.610. The lowest BCUT2D eigenvalue weighted by atomic mass is 9.97. The van der Waals surface area contributed by atoms with Gasteiger partial charge in [-0.15, -0.1) is 0 Å². The maximum absolute atomic E-state index is 11.6. The number of rotatable bonds is 5. The number of piperidine rings is 1. The van der Waals surface area contributed by atoms with Crippen LogP contribution in [0.3, 0.4) is 0 Å².